The maximum atomic E-state index is 10.9. The number of hydrogen-bond donors (Lipinski definition) is 0. The second-order valence-electron chi connectivity index (χ2n) is 1.87. The zero-order valence-corrected chi connectivity index (χ0v) is 7.64. The van der Waals surface area contributed by atoms with Crippen LogP contribution in [0.1, 0.15) is 16.2 Å². The Morgan fingerprint density at radius 3 is 2.73 bits per heavy atom. The van der Waals surface area contributed by atoms with Crippen molar-refractivity contribution in [3.8, 4) is 0 Å². The normalized spacial score (nSPS) is 9.73. The molecule has 0 aliphatic rings. The minimum Gasteiger partial charge on any atom is -0.463 e. The molecule has 60 valence electrons. The van der Waals surface area contributed by atoms with Gasteiger partial charge in [-0.2, -0.15) is 0 Å². The molecule has 11 heavy (non-hydrogen) atoms. The molecule has 1 aromatic rings. The molecule has 0 saturated heterocycles. The molecule has 4 nitrogen and oxygen atoms in total. The van der Waals surface area contributed by atoms with Gasteiger partial charge >= 0.3 is 5.97 Å². The van der Waals surface area contributed by atoms with Gasteiger partial charge in [-0.05, 0) is 6.92 Å². The molecule has 1 heterocycles. The molecule has 0 unspecified atom stereocenters. The number of halogens is 1. The Hall–Kier alpha value is -0.840. The van der Waals surface area contributed by atoms with Crippen LogP contribution in [0.4, 0.5) is 0 Å². The van der Waals surface area contributed by atoms with Gasteiger partial charge in [-0.15, -0.1) is 0 Å². The lowest BCUT2D eigenvalue weighted by Crippen LogP contribution is -2.00. The van der Waals surface area contributed by atoms with Crippen LogP contribution in [0.25, 0.3) is 0 Å². The summed E-state index contributed by atoms with van der Waals surface area (Å²) in [5, 5.41) is 0. The minimum absolute atomic E-state index is 0.138. The molecule has 1 aromatic heterocycles. The van der Waals surface area contributed by atoms with Crippen molar-refractivity contribution >= 4 is 21.9 Å². The molecule has 0 fully saturated rings. The summed E-state index contributed by atoms with van der Waals surface area (Å²) in [4.78, 5) is 15.0. The molecule has 0 atom stereocenters. The van der Waals surface area contributed by atoms with E-state index in [1.54, 1.807) is 6.92 Å². The molecule has 0 N–H and O–H groups in total. The Labute approximate surface area is 71.7 Å². The van der Waals surface area contributed by atoms with Crippen LogP contribution in [0, 0.1) is 6.92 Å². The van der Waals surface area contributed by atoms with E-state index in [1.165, 1.54) is 7.11 Å². The van der Waals surface area contributed by atoms with Gasteiger partial charge in [-0.1, -0.05) is 0 Å². The average Bonchev–Trinajstić information content (AvgIpc) is 2.28. The predicted molar refractivity (Wildman–Crippen MR) is 40.3 cm³/mol. The van der Waals surface area contributed by atoms with E-state index in [4.69, 9.17) is 4.42 Å². The fourth-order valence-corrected chi connectivity index (χ4v) is 1.07. The summed E-state index contributed by atoms with van der Waals surface area (Å²) in [6.45, 7) is 1.67. The van der Waals surface area contributed by atoms with E-state index in [0.29, 0.717) is 5.69 Å². The first-order valence-corrected chi connectivity index (χ1v) is 3.65. The number of ether oxygens (including phenoxy) is 1. The fourth-order valence-electron chi connectivity index (χ4n) is 0.646. The summed E-state index contributed by atoms with van der Waals surface area (Å²) in [6, 6.07) is 0. The summed E-state index contributed by atoms with van der Waals surface area (Å²) in [5.41, 5.74) is 0.517. The number of nitrogens with zero attached hydrogens (tertiary/aromatic N) is 1. The topological polar surface area (TPSA) is 52.3 Å². The lowest BCUT2D eigenvalue weighted by molar-refractivity contribution is 0.0562. The van der Waals surface area contributed by atoms with E-state index in [9.17, 15) is 4.79 Å². The van der Waals surface area contributed by atoms with Gasteiger partial charge in [0.1, 0.15) is 0 Å². The minimum atomic E-state index is -0.513. The summed E-state index contributed by atoms with van der Waals surface area (Å²) in [6.07, 6.45) is 0. The van der Waals surface area contributed by atoms with E-state index in [-0.39, 0.29) is 10.6 Å². The van der Waals surface area contributed by atoms with Crippen molar-refractivity contribution in [1.82, 2.24) is 4.98 Å². The van der Waals surface area contributed by atoms with Crippen LogP contribution in [-0.2, 0) is 4.74 Å². The van der Waals surface area contributed by atoms with Gasteiger partial charge in [0, 0.05) is 15.9 Å². The molecule has 0 aliphatic carbocycles. The largest absolute Gasteiger partial charge is 0.463 e. The van der Waals surface area contributed by atoms with Crippen molar-refractivity contribution in [1.29, 1.82) is 0 Å². The van der Waals surface area contributed by atoms with Gasteiger partial charge in [0.05, 0.1) is 12.8 Å². The van der Waals surface area contributed by atoms with Gasteiger partial charge in [0.15, 0.2) is 0 Å². The Bertz CT molecular complexity index is 281. The molecule has 0 aromatic carbocycles. The van der Waals surface area contributed by atoms with Gasteiger partial charge < -0.3 is 9.15 Å². The van der Waals surface area contributed by atoms with E-state index >= 15 is 0 Å². The molecule has 0 aliphatic heterocycles. The molecular formula is C6H6BrNO3. The number of aryl methyl sites for hydroxylation is 1. The zero-order chi connectivity index (χ0) is 8.43. The van der Waals surface area contributed by atoms with Gasteiger partial charge in [-0.3, -0.25) is 0 Å². The molecule has 0 spiro atoms. The van der Waals surface area contributed by atoms with E-state index in [2.05, 4.69) is 25.7 Å². The van der Waals surface area contributed by atoms with Gasteiger partial charge in [-0.25, -0.2) is 9.78 Å². The second kappa shape index (κ2) is 3.04. The number of methoxy groups -OCH3 is 1. The first kappa shape index (κ1) is 8.26. The molecule has 5 heteroatoms. The molecule has 0 bridgehead atoms. The monoisotopic (exact) mass is 219 g/mol. The summed E-state index contributed by atoms with van der Waals surface area (Å²) >= 11 is 2.99. The summed E-state index contributed by atoms with van der Waals surface area (Å²) < 4.78 is 9.33. The number of hydrogen-bond acceptors (Lipinski definition) is 4. The summed E-state index contributed by atoms with van der Waals surface area (Å²) in [5.74, 6) is -0.375. The van der Waals surface area contributed by atoms with Gasteiger partial charge in [0.25, 0.3) is 4.80 Å². The molecular weight excluding hydrogens is 214 g/mol. The standard InChI is InChI=1S/C6H6BrNO3/c1-3-4(5(9)10-2)11-6(7)8-3/h1-2H3. The Kier molecular flexibility index (Phi) is 2.28. The number of oxazole rings is 1. The van der Waals surface area contributed by atoms with E-state index in [1.807, 2.05) is 0 Å². The number of esters is 1. The second-order valence-corrected chi connectivity index (χ2v) is 2.55. The highest BCUT2D eigenvalue weighted by Crippen LogP contribution is 2.15. The molecule has 0 saturated carbocycles. The first-order chi connectivity index (χ1) is 5.15. The maximum absolute atomic E-state index is 10.9. The fraction of sp³-hybridized carbons (Fsp3) is 0.333. The maximum Gasteiger partial charge on any atom is 0.376 e. The average molecular weight is 220 g/mol. The Morgan fingerprint density at radius 1 is 1.73 bits per heavy atom. The van der Waals surface area contributed by atoms with Crippen molar-refractivity contribution in [2.24, 2.45) is 0 Å². The molecule has 0 radical (unpaired) electrons. The highest BCUT2D eigenvalue weighted by atomic mass is 79.9. The zero-order valence-electron chi connectivity index (χ0n) is 6.05. The van der Waals surface area contributed by atoms with Crippen LogP contribution in [0.15, 0.2) is 9.22 Å². The number of carbonyl (C=O) groups is 1. The summed E-state index contributed by atoms with van der Waals surface area (Å²) in [7, 11) is 1.29. The molecule has 1 rings (SSSR count). The third kappa shape index (κ3) is 1.59. The number of aromatic nitrogens is 1. The van der Waals surface area contributed by atoms with Crippen LogP contribution in [0.3, 0.4) is 0 Å². The Balaban J connectivity index is 3.03. The van der Waals surface area contributed by atoms with Crippen molar-refractivity contribution in [2.45, 2.75) is 6.92 Å². The first-order valence-electron chi connectivity index (χ1n) is 2.86. The van der Waals surface area contributed by atoms with Crippen molar-refractivity contribution < 1.29 is 13.9 Å². The van der Waals surface area contributed by atoms with Crippen LogP contribution in [0.2, 0.25) is 0 Å². The van der Waals surface area contributed by atoms with E-state index < -0.39 is 5.97 Å². The lowest BCUT2D eigenvalue weighted by Gasteiger charge is -1.92. The van der Waals surface area contributed by atoms with Crippen molar-refractivity contribution in [2.75, 3.05) is 7.11 Å². The quantitative estimate of drug-likeness (QED) is 0.673. The lowest BCUT2D eigenvalue weighted by atomic mass is 10.4. The Morgan fingerprint density at radius 2 is 2.36 bits per heavy atom. The number of carbonyl (C=O) groups excluding carboxylic acids is 1. The predicted octanol–water partition coefficient (Wildman–Crippen LogP) is 1.53. The van der Waals surface area contributed by atoms with Crippen LogP contribution >= 0.6 is 15.9 Å². The van der Waals surface area contributed by atoms with E-state index in [0.717, 1.165) is 0 Å². The third-order valence-electron chi connectivity index (χ3n) is 1.14. The smallest absolute Gasteiger partial charge is 0.376 e. The van der Waals surface area contributed by atoms with Crippen molar-refractivity contribution in [3.63, 3.8) is 0 Å². The highest BCUT2D eigenvalue weighted by Gasteiger charge is 2.15. The SMILES string of the molecule is COC(=O)c1oc(Br)nc1C. The van der Waals surface area contributed by atoms with Crippen LogP contribution < -0.4 is 0 Å². The van der Waals surface area contributed by atoms with Crippen LogP contribution in [-0.4, -0.2) is 18.1 Å². The van der Waals surface area contributed by atoms with Crippen LogP contribution in [0.5, 0.6) is 0 Å². The third-order valence-corrected chi connectivity index (χ3v) is 1.48. The van der Waals surface area contributed by atoms with Crippen molar-refractivity contribution in [3.05, 3.63) is 16.3 Å². The molecule has 0 amide bonds. The van der Waals surface area contributed by atoms with Gasteiger partial charge in [0.2, 0.25) is 5.76 Å². The highest BCUT2D eigenvalue weighted by molar-refractivity contribution is 9.10. The number of rotatable bonds is 1.